The zero-order valence-corrected chi connectivity index (χ0v) is 14.1. The molecule has 3 rings (SSSR count). The van der Waals surface area contributed by atoms with Crippen LogP contribution in [0, 0.1) is 0 Å². The van der Waals surface area contributed by atoms with E-state index in [0.717, 1.165) is 34.3 Å². The fraction of sp³-hybridized carbons (Fsp3) is 0.111. The zero-order valence-electron chi connectivity index (χ0n) is 12.6. The molecule has 0 spiro atoms. The number of hydrogen-bond acceptors (Lipinski definition) is 3. The Labute approximate surface area is 145 Å². The second-order valence-corrected chi connectivity index (χ2v) is 5.92. The summed E-state index contributed by atoms with van der Waals surface area (Å²) in [5.74, 6) is 0. The van der Waals surface area contributed by atoms with Crippen LogP contribution in [0.4, 0.5) is 5.69 Å². The predicted octanol–water partition coefficient (Wildman–Crippen LogP) is 5.77. The average Bonchev–Trinajstić information content (AvgIpc) is 2.56. The molecular weight excluding hydrogens is 329 g/mol. The molecule has 0 aliphatic heterocycles. The van der Waals surface area contributed by atoms with Crippen LogP contribution in [0.1, 0.15) is 18.9 Å². The van der Waals surface area contributed by atoms with E-state index in [4.69, 9.17) is 23.2 Å². The standard InChI is InChI=1S/C18H15Cl2N3/c1-2-16(12-3-5-13(19)6-4-12)22-23-17-9-10-21-18-11-14(20)7-8-15(17)18/h3-11H,2H2,1H3,(H,21,23)/b22-16-. The Hall–Kier alpha value is -2.10. The second kappa shape index (κ2) is 6.99. The molecule has 0 aliphatic rings. The van der Waals surface area contributed by atoms with Crippen molar-refractivity contribution < 1.29 is 0 Å². The Bertz CT molecular complexity index is 858. The van der Waals surface area contributed by atoms with Gasteiger partial charge in [0.05, 0.1) is 16.9 Å². The Balaban J connectivity index is 1.93. The summed E-state index contributed by atoms with van der Waals surface area (Å²) in [6.45, 7) is 2.07. The van der Waals surface area contributed by atoms with Crippen molar-refractivity contribution in [1.29, 1.82) is 0 Å². The van der Waals surface area contributed by atoms with Gasteiger partial charge in [0.15, 0.2) is 0 Å². The van der Waals surface area contributed by atoms with Crippen molar-refractivity contribution in [3.05, 3.63) is 70.3 Å². The fourth-order valence-corrected chi connectivity index (χ4v) is 2.63. The van der Waals surface area contributed by atoms with E-state index in [1.165, 1.54) is 0 Å². The first-order valence-electron chi connectivity index (χ1n) is 7.30. The molecule has 5 heteroatoms. The van der Waals surface area contributed by atoms with Gasteiger partial charge in [-0.15, -0.1) is 0 Å². The third-order valence-electron chi connectivity index (χ3n) is 3.53. The molecule has 0 radical (unpaired) electrons. The van der Waals surface area contributed by atoms with Gasteiger partial charge in [-0.05, 0) is 48.4 Å². The van der Waals surface area contributed by atoms with E-state index >= 15 is 0 Å². The van der Waals surface area contributed by atoms with Gasteiger partial charge in [-0.25, -0.2) is 0 Å². The minimum Gasteiger partial charge on any atom is -0.277 e. The molecule has 0 aliphatic carbocycles. The van der Waals surface area contributed by atoms with Gasteiger partial charge < -0.3 is 0 Å². The smallest absolute Gasteiger partial charge is 0.0738 e. The molecule has 0 atom stereocenters. The average molecular weight is 344 g/mol. The first kappa shape index (κ1) is 15.8. The van der Waals surface area contributed by atoms with Crippen LogP contribution in [0.3, 0.4) is 0 Å². The first-order chi connectivity index (χ1) is 11.2. The van der Waals surface area contributed by atoms with Crippen molar-refractivity contribution in [2.45, 2.75) is 13.3 Å². The molecule has 0 fully saturated rings. The molecule has 0 saturated carbocycles. The highest BCUT2D eigenvalue weighted by atomic mass is 35.5. The van der Waals surface area contributed by atoms with Crippen LogP contribution in [0.5, 0.6) is 0 Å². The van der Waals surface area contributed by atoms with Crippen molar-refractivity contribution in [3.8, 4) is 0 Å². The predicted molar refractivity (Wildman–Crippen MR) is 98.7 cm³/mol. The van der Waals surface area contributed by atoms with E-state index in [2.05, 4.69) is 22.4 Å². The monoisotopic (exact) mass is 343 g/mol. The maximum Gasteiger partial charge on any atom is 0.0738 e. The SMILES string of the molecule is CC/C(=N/Nc1ccnc2cc(Cl)ccc12)c1ccc(Cl)cc1. The molecule has 1 aromatic heterocycles. The lowest BCUT2D eigenvalue weighted by atomic mass is 10.1. The highest BCUT2D eigenvalue weighted by Gasteiger charge is 2.04. The summed E-state index contributed by atoms with van der Waals surface area (Å²) < 4.78 is 0. The molecule has 116 valence electrons. The van der Waals surface area contributed by atoms with Gasteiger partial charge in [0, 0.05) is 21.6 Å². The Kier molecular flexibility index (Phi) is 4.79. The number of nitrogens with zero attached hydrogens (tertiary/aromatic N) is 2. The van der Waals surface area contributed by atoms with Crippen molar-refractivity contribution >= 4 is 45.5 Å². The molecule has 1 N–H and O–H groups in total. The third kappa shape index (κ3) is 3.63. The van der Waals surface area contributed by atoms with Crippen LogP contribution in [-0.2, 0) is 0 Å². The van der Waals surface area contributed by atoms with E-state index in [9.17, 15) is 0 Å². The number of rotatable bonds is 4. The topological polar surface area (TPSA) is 37.3 Å². The summed E-state index contributed by atoms with van der Waals surface area (Å²) in [5.41, 5.74) is 6.88. The molecule has 3 aromatic rings. The minimum atomic E-state index is 0.668. The molecule has 2 aromatic carbocycles. The largest absolute Gasteiger partial charge is 0.277 e. The molecular formula is C18H15Cl2N3. The number of benzene rings is 2. The lowest BCUT2D eigenvalue weighted by molar-refractivity contribution is 1.22. The summed E-state index contributed by atoms with van der Waals surface area (Å²) in [6.07, 6.45) is 2.55. The maximum atomic E-state index is 6.02. The van der Waals surface area contributed by atoms with E-state index in [1.54, 1.807) is 6.20 Å². The zero-order chi connectivity index (χ0) is 16.2. The Morgan fingerprint density at radius 1 is 1.04 bits per heavy atom. The van der Waals surface area contributed by atoms with Crippen molar-refractivity contribution in [2.75, 3.05) is 5.43 Å². The molecule has 23 heavy (non-hydrogen) atoms. The number of halogens is 2. The van der Waals surface area contributed by atoms with Gasteiger partial charge >= 0.3 is 0 Å². The van der Waals surface area contributed by atoms with Crippen LogP contribution in [0.15, 0.2) is 59.8 Å². The molecule has 3 nitrogen and oxygen atoms in total. The summed E-state index contributed by atoms with van der Waals surface area (Å²) in [6, 6.07) is 15.2. The highest BCUT2D eigenvalue weighted by Crippen LogP contribution is 2.24. The maximum absolute atomic E-state index is 6.02. The van der Waals surface area contributed by atoms with Crippen LogP contribution in [0.2, 0.25) is 10.0 Å². The third-order valence-corrected chi connectivity index (χ3v) is 4.02. The van der Waals surface area contributed by atoms with E-state index < -0.39 is 0 Å². The van der Waals surface area contributed by atoms with Crippen LogP contribution in [-0.4, -0.2) is 10.7 Å². The fourth-order valence-electron chi connectivity index (χ4n) is 2.34. The number of nitrogens with one attached hydrogen (secondary N) is 1. The van der Waals surface area contributed by atoms with E-state index in [1.807, 2.05) is 48.5 Å². The molecule has 0 bridgehead atoms. The number of aromatic nitrogens is 1. The minimum absolute atomic E-state index is 0.668. The van der Waals surface area contributed by atoms with Crippen molar-refractivity contribution in [3.63, 3.8) is 0 Å². The number of anilines is 1. The van der Waals surface area contributed by atoms with Crippen LogP contribution in [0.25, 0.3) is 10.9 Å². The first-order valence-corrected chi connectivity index (χ1v) is 8.05. The summed E-state index contributed by atoms with van der Waals surface area (Å²) in [7, 11) is 0. The van der Waals surface area contributed by atoms with E-state index in [0.29, 0.717) is 10.0 Å². The lowest BCUT2D eigenvalue weighted by Gasteiger charge is -2.08. The van der Waals surface area contributed by atoms with Gasteiger partial charge in [0.25, 0.3) is 0 Å². The summed E-state index contributed by atoms with van der Waals surface area (Å²) in [4.78, 5) is 4.33. The van der Waals surface area contributed by atoms with Gasteiger partial charge in [0.1, 0.15) is 0 Å². The van der Waals surface area contributed by atoms with Gasteiger partial charge in [0.2, 0.25) is 0 Å². The summed E-state index contributed by atoms with van der Waals surface area (Å²) >= 11 is 12.0. The highest BCUT2D eigenvalue weighted by molar-refractivity contribution is 6.31. The lowest BCUT2D eigenvalue weighted by Crippen LogP contribution is -2.03. The van der Waals surface area contributed by atoms with Crippen LogP contribution < -0.4 is 5.43 Å². The van der Waals surface area contributed by atoms with Gasteiger partial charge in [-0.3, -0.25) is 10.4 Å². The summed E-state index contributed by atoms with van der Waals surface area (Å²) in [5, 5.41) is 6.91. The second-order valence-electron chi connectivity index (χ2n) is 5.05. The van der Waals surface area contributed by atoms with Gasteiger partial charge in [-0.2, -0.15) is 5.10 Å². The Morgan fingerprint density at radius 2 is 1.78 bits per heavy atom. The number of hydrogen-bond donors (Lipinski definition) is 1. The van der Waals surface area contributed by atoms with Crippen LogP contribution >= 0.6 is 23.2 Å². The van der Waals surface area contributed by atoms with Crippen molar-refractivity contribution in [1.82, 2.24) is 4.98 Å². The molecule has 0 saturated heterocycles. The normalized spacial score (nSPS) is 11.7. The Morgan fingerprint density at radius 3 is 2.52 bits per heavy atom. The molecule has 0 amide bonds. The number of fused-ring (bicyclic) bond motifs is 1. The number of hydrazone groups is 1. The van der Waals surface area contributed by atoms with Crippen molar-refractivity contribution in [2.24, 2.45) is 5.10 Å². The van der Waals surface area contributed by atoms with Gasteiger partial charge in [-0.1, -0.05) is 42.3 Å². The molecule has 0 unspecified atom stereocenters. The molecule has 1 heterocycles. The van der Waals surface area contributed by atoms with E-state index in [-0.39, 0.29) is 0 Å². The number of pyridine rings is 1. The quantitative estimate of drug-likeness (QED) is 0.482.